The Labute approximate surface area is 466 Å². The fourth-order valence-electron chi connectivity index (χ4n) is 8.91. The van der Waals surface area contributed by atoms with Crippen LogP contribution in [0.2, 0.25) is 20.1 Å². The van der Waals surface area contributed by atoms with E-state index in [4.69, 9.17) is 74.8 Å². The van der Waals surface area contributed by atoms with E-state index in [0.29, 0.717) is 83.8 Å². The summed E-state index contributed by atoms with van der Waals surface area (Å²) in [5, 5.41) is 7.55. The first-order chi connectivity index (χ1) is 36.5. The highest BCUT2D eigenvalue weighted by atomic mass is 35.5. The number of nitrogens with one attached hydrogen (secondary N) is 4. The van der Waals surface area contributed by atoms with Gasteiger partial charge in [0.15, 0.2) is 0 Å². The van der Waals surface area contributed by atoms with Crippen LogP contribution >= 0.6 is 46.4 Å². The number of benzene rings is 4. The lowest BCUT2D eigenvalue weighted by atomic mass is 9.85. The zero-order valence-electron chi connectivity index (χ0n) is 42.8. The predicted molar refractivity (Wildman–Crippen MR) is 293 cm³/mol. The quantitative estimate of drug-likeness (QED) is 0.0414. The minimum atomic E-state index is -3.86. The van der Waals surface area contributed by atoms with E-state index in [1.807, 2.05) is 50.5 Å². The fourth-order valence-corrected chi connectivity index (χ4v) is 12.6. The van der Waals surface area contributed by atoms with Crippen molar-refractivity contribution in [3.8, 4) is 0 Å². The molecule has 0 saturated carbocycles. The van der Waals surface area contributed by atoms with Gasteiger partial charge >= 0.3 is 0 Å². The molecular weight excluding hydrogens is 1110 g/mol. The molecule has 2 heterocycles. The first kappa shape index (κ1) is 61.7. The van der Waals surface area contributed by atoms with Crippen molar-refractivity contribution in [1.29, 1.82) is 0 Å². The molecule has 0 bridgehead atoms. The molecule has 2 atom stereocenters. The van der Waals surface area contributed by atoms with Crippen molar-refractivity contribution in [2.75, 3.05) is 133 Å². The van der Waals surface area contributed by atoms with Gasteiger partial charge in [-0.2, -0.15) is 0 Å². The molecule has 0 saturated heterocycles. The summed E-state index contributed by atoms with van der Waals surface area (Å²) in [4.78, 5) is 29.0. The number of amides is 2. The molecule has 4 aromatic carbocycles. The number of rotatable bonds is 33. The van der Waals surface area contributed by atoms with E-state index in [0.717, 1.165) is 22.3 Å². The van der Waals surface area contributed by atoms with Gasteiger partial charge in [0.25, 0.3) is 0 Å². The van der Waals surface area contributed by atoms with Crippen molar-refractivity contribution in [2.24, 2.45) is 0 Å². The van der Waals surface area contributed by atoms with E-state index in [2.05, 4.69) is 29.9 Å². The molecule has 0 aliphatic carbocycles. The summed E-state index contributed by atoms with van der Waals surface area (Å²) in [5.74, 6) is -1.03. The van der Waals surface area contributed by atoms with Crippen molar-refractivity contribution >= 4 is 78.3 Å². The van der Waals surface area contributed by atoms with Gasteiger partial charge in [0, 0.05) is 97.1 Å². The Morgan fingerprint density at radius 3 is 1.18 bits per heavy atom. The average Bonchev–Trinajstić information content (AvgIpc) is 3.39. The maximum absolute atomic E-state index is 13.5. The Balaban J connectivity index is 0.706. The predicted octanol–water partition coefficient (Wildman–Crippen LogP) is 5.82. The zero-order chi connectivity index (χ0) is 54.5. The molecule has 0 spiro atoms. The number of hydrogen-bond acceptors (Lipinski definition) is 14. The number of nitrogens with zero attached hydrogens (tertiary/aromatic N) is 2. The Kier molecular flexibility index (Phi) is 25.4. The Bertz CT molecular complexity index is 2580. The van der Waals surface area contributed by atoms with Gasteiger partial charge in [-0.1, -0.05) is 82.8 Å². The van der Waals surface area contributed by atoms with E-state index in [9.17, 15) is 26.4 Å². The first-order valence-electron chi connectivity index (χ1n) is 25.0. The molecule has 18 nitrogen and oxygen atoms in total. The van der Waals surface area contributed by atoms with E-state index < -0.39 is 20.0 Å². The molecule has 2 aliphatic heterocycles. The normalized spacial score (nSPS) is 16.1. The Morgan fingerprint density at radius 1 is 0.487 bits per heavy atom. The summed E-state index contributed by atoms with van der Waals surface area (Å²) >= 11 is 25.8. The van der Waals surface area contributed by atoms with Crippen molar-refractivity contribution in [3.63, 3.8) is 0 Å². The topological polar surface area (TPSA) is 212 Å². The van der Waals surface area contributed by atoms with Crippen LogP contribution in [0, 0.1) is 0 Å². The number of carbonyl (C=O) groups excluding carboxylic acids is 2. The number of carbonyl (C=O) groups is 2. The number of halogens is 4. The van der Waals surface area contributed by atoms with Gasteiger partial charge in [-0.3, -0.25) is 9.59 Å². The second-order valence-electron chi connectivity index (χ2n) is 18.2. The van der Waals surface area contributed by atoms with Gasteiger partial charge in [-0.15, -0.1) is 0 Å². The standard InChI is InChI=1S/C52H68Cl4N6O12S2/c1-61-33-43(41-29-37(53)31-47(55)45(41)35-61)39-7-3-5-9-49(39)75(65,66)59-15-19-71-23-27-73-25-21-69-17-13-57-51(63)11-12-52(64)58-14-18-70-22-26-74-28-24-72-20-16-60-76(67,68)50-10-6-4-8-40(50)44-34-62(2)36-46-42(44)30-38(54)32-48(46)56/h3-10,29-32,43-44,59-60H,11-28,33-36H2,1-2H3,(H,57,63)(H,58,64). The lowest BCUT2D eigenvalue weighted by Crippen LogP contribution is -2.33. The summed E-state index contributed by atoms with van der Waals surface area (Å²) in [7, 11) is -3.78. The molecule has 2 amide bonds. The highest BCUT2D eigenvalue weighted by Crippen LogP contribution is 2.42. The molecule has 2 aliphatic rings. The molecule has 24 heteroatoms. The van der Waals surface area contributed by atoms with Crippen LogP contribution in [0.4, 0.5) is 0 Å². The molecule has 2 unspecified atom stereocenters. The summed E-state index contributed by atoms with van der Waals surface area (Å²) in [6.07, 6.45) is 0.0536. The van der Waals surface area contributed by atoms with Gasteiger partial charge in [0.05, 0.1) is 89.1 Å². The van der Waals surface area contributed by atoms with Crippen LogP contribution in [0.5, 0.6) is 0 Å². The van der Waals surface area contributed by atoms with Crippen molar-refractivity contribution < 1.29 is 54.8 Å². The smallest absolute Gasteiger partial charge is 0.240 e. The second-order valence-corrected chi connectivity index (χ2v) is 23.3. The minimum absolute atomic E-state index is 0.0268. The summed E-state index contributed by atoms with van der Waals surface area (Å²) in [6, 6.07) is 21.0. The monoisotopic (exact) mass is 1170 g/mol. The third-order valence-corrected chi connectivity index (χ3v) is 16.6. The van der Waals surface area contributed by atoms with Crippen LogP contribution in [0.15, 0.2) is 82.6 Å². The van der Waals surface area contributed by atoms with Gasteiger partial charge in [-0.25, -0.2) is 26.3 Å². The van der Waals surface area contributed by atoms with Crippen LogP contribution in [-0.2, 0) is 71.1 Å². The Hall–Kier alpha value is -3.52. The summed E-state index contributed by atoms with van der Waals surface area (Å²) in [5.41, 5.74) is 5.04. The molecule has 0 fully saturated rings. The molecule has 418 valence electrons. The molecule has 76 heavy (non-hydrogen) atoms. The Morgan fingerprint density at radius 2 is 0.816 bits per heavy atom. The molecule has 0 aromatic heterocycles. The highest BCUT2D eigenvalue weighted by molar-refractivity contribution is 7.89. The first-order valence-corrected chi connectivity index (χ1v) is 29.5. The van der Waals surface area contributed by atoms with E-state index in [1.165, 1.54) is 0 Å². The van der Waals surface area contributed by atoms with Crippen molar-refractivity contribution in [1.82, 2.24) is 29.9 Å². The van der Waals surface area contributed by atoms with E-state index in [-0.39, 0.29) is 125 Å². The number of hydrogen-bond donors (Lipinski definition) is 4. The summed E-state index contributed by atoms with van der Waals surface area (Å²) < 4.78 is 92.3. The molecule has 4 N–H and O–H groups in total. The number of fused-ring (bicyclic) bond motifs is 2. The number of ether oxygens (including phenoxy) is 6. The van der Waals surface area contributed by atoms with Crippen LogP contribution in [-0.4, -0.2) is 171 Å². The van der Waals surface area contributed by atoms with Crippen LogP contribution in [0.1, 0.15) is 58.1 Å². The molecular formula is C52H68Cl4N6O12S2. The van der Waals surface area contributed by atoms with Crippen LogP contribution < -0.4 is 20.1 Å². The van der Waals surface area contributed by atoms with Gasteiger partial charge < -0.3 is 48.9 Å². The van der Waals surface area contributed by atoms with Gasteiger partial charge in [0.2, 0.25) is 31.9 Å². The van der Waals surface area contributed by atoms with E-state index in [1.54, 1.807) is 36.4 Å². The van der Waals surface area contributed by atoms with E-state index >= 15 is 0 Å². The third-order valence-electron chi connectivity index (χ3n) is 12.4. The number of likely N-dealkylation sites (N-methyl/N-ethyl adjacent to an activating group) is 2. The second kappa shape index (κ2) is 31.3. The SMILES string of the molecule is CN1Cc2c(Cl)cc(Cl)cc2C(c2ccccc2S(=O)(=O)NCCOCCOCCOCCNC(=O)CCC(=O)NCCOCCOCCOCCNS(=O)(=O)c2ccccc2C2CN(C)Cc3c(Cl)cc(Cl)cc32)C1. The maximum atomic E-state index is 13.5. The number of sulfonamides is 2. The highest BCUT2D eigenvalue weighted by Gasteiger charge is 2.33. The molecule has 0 radical (unpaired) electrons. The zero-order valence-corrected chi connectivity index (χ0v) is 47.4. The van der Waals surface area contributed by atoms with Crippen molar-refractivity contribution in [3.05, 3.63) is 126 Å². The summed E-state index contributed by atoms with van der Waals surface area (Å²) in [6.45, 7) is 6.34. The average molecular weight is 1180 g/mol. The van der Waals surface area contributed by atoms with Gasteiger partial charge in [0.1, 0.15) is 0 Å². The minimum Gasteiger partial charge on any atom is -0.378 e. The van der Waals surface area contributed by atoms with Crippen molar-refractivity contribution in [2.45, 2.75) is 47.6 Å². The molecule has 6 rings (SSSR count). The lowest BCUT2D eigenvalue weighted by Gasteiger charge is -2.34. The van der Waals surface area contributed by atoms with Crippen LogP contribution in [0.25, 0.3) is 0 Å². The van der Waals surface area contributed by atoms with Gasteiger partial charge in [-0.05, 0) is 83.9 Å². The fraction of sp³-hybridized carbons (Fsp3) is 0.500. The van der Waals surface area contributed by atoms with Crippen LogP contribution in [0.3, 0.4) is 0 Å². The lowest BCUT2D eigenvalue weighted by molar-refractivity contribution is -0.126. The maximum Gasteiger partial charge on any atom is 0.240 e. The molecule has 4 aromatic rings. The largest absolute Gasteiger partial charge is 0.378 e. The third kappa shape index (κ3) is 19.1.